The van der Waals surface area contributed by atoms with Crippen LogP contribution in [0.15, 0.2) is 84.2 Å². The summed E-state index contributed by atoms with van der Waals surface area (Å²) < 4.78 is 29.9. The van der Waals surface area contributed by atoms with Crippen molar-refractivity contribution in [2.24, 2.45) is 16.7 Å². The Kier molecular flexibility index (Phi) is 19.3. The van der Waals surface area contributed by atoms with Crippen molar-refractivity contribution < 1.29 is 38.1 Å². The number of carbonyl (C=O) groups excluding carboxylic acids is 3. The third-order valence-corrected chi connectivity index (χ3v) is 16.7. The highest BCUT2D eigenvalue weighted by atomic mass is 35.5. The van der Waals surface area contributed by atoms with Gasteiger partial charge in [-0.25, -0.2) is 4.98 Å². The molecule has 406 valence electrons. The van der Waals surface area contributed by atoms with Crippen molar-refractivity contribution in [2.75, 3.05) is 71.7 Å². The summed E-state index contributed by atoms with van der Waals surface area (Å²) >= 11 is 7.84. The molecule has 4 N–H and O–H groups in total. The molecule has 3 aliphatic rings. The molecule has 1 aliphatic heterocycles. The Bertz CT molecular complexity index is 2800. The van der Waals surface area contributed by atoms with Gasteiger partial charge < -0.3 is 49.9 Å². The molecule has 5 aromatic rings. The number of hydrogen-bond donors (Lipinski definition) is 4. The van der Waals surface area contributed by atoms with Gasteiger partial charge in [-0.15, -0.1) is 11.3 Å². The number of rotatable bonds is 25. The minimum absolute atomic E-state index is 0.0130. The first-order chi connectivity index (χ1) is 36.7. The molecule has 3 fully saturated rings. The lowest BCUT2D eigenvalue weighted by Gasteiger charge is -2.63. The number of amides is 3. The predicted molar refractivity (Wildman–Crippen MR) is 298 cm³/mol. The average molecular weight is 1080 g/mol. The number of hydrogen-bond acceptors (Lipinski definition) is 13. The molecule has 0 radical (unpaired) electrons. The van der Waals surface area contributed by atoms with Gasteiger partial charge in [-0.05, 0) is 99.5 Å². The normalized spacial score (nSPS) is 19.8. The van der Waals surface area contributed by atoms with E-state index in [1.165, 1.54) is 6.42 Å². The van der Waals surface area contributed by atoms with Gasteiger partial charge in [0.15, 0.2) is 0 Å². The Morgan fingerprint density at radius 3 is 2.21 bits per heavy atom. The molecule has 1 saturated heterocycles. The standard InChI is InChI=1S/C59H74ClN7O8S/c1-38(62-6)52(68)65-51(39-13-8-7-9-14-39)55(70)67-27-12-17-49(67)54-64-48(37-76-54)45-24-25-50(46-16-11-10-15-44(45)46)74-34-33-73-32-31-72-30-29-71-28-26-63-42-21-18-40(19-22-42)53(69)66-56-58(2,3)57(59(56,4)5)75-43-23-20-41(36-61)47(60)35-43/h10-11,15-16,18-25,35,37-39,49,51,56-57,62-63H,7-9,12-14,17,26-34H2,1-6H3,(H,65,68)(H,66,69)/t38-,49-,51-,56?,57?/m0/s1. The van der Waals surface area contributed by atoms with Crippen LogP contribution in [0.3, 0.4) is 0 Å². The van der Waals surface area contributed by atoms with E-state index < -0.39 is 6.04 Å². The van der Waals surface area contributed by atoms with Crippen molar-refractivity contribution in [1.29, 1.82) is 5.26 Å². The highest BCUT2D eigenvalue weighted by molar-refractivity contribution is 7.10. The van der Waals surface area contributed by atoms with Gasteiger partial charge in [0.1, 0.15) is 41.3 Å². The van der Waals surface area contributed by atoms with Gasteiger partial charge in [0.2, 0.25) is 11.8 Å². The Morgan fingerprint density at radius 2 is 1.53 bits per heavy atom. The van der Waals surface area contributed by atoms with Crippen LogP contribution in [0, 0.1) is 28.1 Å². The number of likely N-dealkylation sites (tertiary alicyclic amines) is 1. The van der Waals surface area contributed by atoms with Crippen molar-refractivity contribution in [3.63, 3.8) is 0 Å². The molecule has 2 saturated carbocycles. The summed E-state index contributed by atoms with van der Waals surface area (Å²) in [7, 11) is 1.76. The molecule has 2 aliphatic carbocycles. The predicted octanol–water partition coefficient (Wildman–Crippen LogP) is 9.98. The molecule has 4 aromatic carbocycles. The number of fused-ring (bicyclic) bond motifs is 1. The topological polar surface area (TPSA) is 185 Å². The maximum Gasteiger partial charge on any atom is 0.251 e. The smallest absolute Gasteiger partial charge is 0.251 e. The molecule has 1 aromatic heterocycles. The van der Waals surface area contributed by atoms with Crippen LogP contribution in [0.4, 0.5) is 5.69 Å². The molecule has 0 unspecified atom stereocenters. The second-order valence-corrected chi connectivity index (χ2v) is 22.6. The van der Waals surface area contributed by atoms with Crippen LogP contribution in [-0.2, 0) is 23.8 Å². The lowest BCUT2D eigenvalue weighted by Crippen LogP contribution is -2.74. The first-order valence-corrected chi connectivity index (χ1v) is 28.1. The number of halogens is 1. The minimum Gasteiger partial charge on any atom is -0.491 e. The number of likely N-dealkylation sites (N-methyl/N-ethyl adjacent to an activating group) is 1. The fourth-order valence-corrected chi connectivity index (χ4v) is 12.7. The largest absolute Gasteiger partial charge is 0.491 e. The Morgan fingerprint density at radius 1 is 0.842 bits per heavy atom. The zero-order chi connectivity index (χ0) is 53.8. The summed E-state index contributed by atoms with van der Waals surface area (Å²) in [5, 5.41) is 27.3. The lowest BCUT2D eigenvalue weighted by atomic mass is 9.49. The van der Waals surface area contributed by atoms with E-state index in [1.807, 2.05) is 54.3 Å². The average Bonchev–Trinajstić information content (AvgIpc) is 4.13. The monoisotopic (exact) mass is 1080 g/mol. The molecule has 17 heteroatoms. The zero-order valence-electron chi connectivity index (χ0n) is 44.8. The van der Waals surface area contributed by atoms with Gasteiger partial charge in [-0.1, -0.05) is 82.8 Å². The van der Waals surface area contributed by atoms with Gasteiger partial charge in [0.25, 0.3) is 5.91 Å². The van der Waals surface area contributed by atoms with Gasteiger partial charge in [0, 0.05) is 63.6 Å². The summed E-state index contributed by atoms with van der Waals surface area (Å²) in [6, 6.07) is 25.6. The quantitative estimate of drug-likeness (QED) is 0.0406. The van der Waals surface area contributed by atoms with Gasteiger partial charge in [-0.3, -0.25) is 14.4 Å². The van der Waals surface area contributed by atoms with Crippen molar-refractivity contribution in [3.05, 3.63) is 105 Å². The van der Waals surface area contributed by atoms with E-state index in [0.717, 1.165) is 77.0 Å². The first kappa shape index (κ1) is 56.4. The summed E-state index contributed by atoms with van der Waals surface area (Å²) in [6.07, 6.45) is 6.78. The van der Waals surface area contributed by atoms with Crippen molar-refractivity contribution in [2.45, 2.75) is 110 Å². The van der Waals surface area contributed by atoms with E-state index in [-0.39, 0.29) is 58.7 Å². The summed E-state index contributed by atoms with van der Waals surface area (Å²) in [4.78, 5) is 47.9. The number of benzene rings is 4. The first-order valence-electron chi connectivity index (χ1n) is 26.8. The van der Waals surface area contributed by atoms with Gasteiger partial charge >= 0.3 is 0 Å². The number of nitrogens with zero attached hydrogens (tertiary/aromatic N) is 3. The number of anilines is 1. The van der Waals surface area contributed by atoms with Crippen LogP contribution in [0.25, 0.3) is 22.0 Å². The molecule has 8 rings (SSSR count). The second kappa shape index (κ2) is 26.0. The lowest BCUT2D eigenvalue weighted by molar-refractivity contribution is -0.164. The second-order valence-electron chi connectivity index (χ2n) is 21.3. The van der Waals surface area contributed by atoms with E-state index in [2.05, 4.69) is 78.6 Å². The third kappa shape index (κ3) is 13.3. The fraction of sp³-hybridized carbons (Fsp3) is 0.508. The van der Waals surface area contributed by atoms with E-state index in [4.69, 9.17) is 40.3 Å². The summed E-state index contributed by atoms with van der Waals surface area (Å²) in [6.45, 7) is 14.4. The minimum atomic E-state index is -0.531. The van der Waals surface area contributed by atoms with E-state index >= 15 is 0 Å². The van der Waals surface area contributed by atoms with Gasteiger partial charge in [0.05, 0.1) is 68.0 Å². The van der Waals surface area contributed by atoms with Crippen LogP contribution in [-0.4, -0.2) is 118 Å². The third-order valence-electron chi connectivity index (χ3n) is 15.4. The summed E-state index contributed by atoms with van der Waals surface area (Å²) in [5.74, 6) is 1.22. The number of carbonyl (C=O) groups is 3. The number of thiazole rings is 1. The van der Waals surface area contributed by atoms with E-state index in [0.29, 0.717) is 81.2 Å². The van der Waals surface area contributed by atoms with Crippen LogP contribution >= 0.6 is 22.9 Å². The molecular formula is C59H74ClN7O8S. The SMILES string of the molecule is CN[C@@H](C)C(=O)N[C@H](C(=O)N1CCC[C@H]1c1nc(-c2ccc(OCCOCCOCCOCCNc3ccc(C(=O)NC4C(C)(C)C(Oc5ccc(C#N)c(Cl)c5)C4(C)C)cc3)c3ccccc23)cs1)C1CCCCC1. The Hall–Kier alpha value is -5.80. The van der Waals surface area contributed by atoms with Crippen molar-refractivity contribution >= 4 is 57.1 Å². The molecule has 2 heterocycles. The Balaban J connectivity index is 0.708. The van der Waals surface area contributed by atoms with Gasteiger partial charge in [-0.2, -0.15) is 5.26 Å². The fourth-order valence-electron chi connectivity index (χ4n) is 11.5. The highest BCUT2D eigenvalue weighted by Gasteiger charge is 2.64. The molecular weight excluding hydrogens is 1000 g/mol. The maximum absolute atomic E-state index is 14.3. The molecule has 3 atom stereocenters. The van der Waals surface area contributed by atoms with Crippen LogP contribution in [0.2, 0.25) is 5.02 Å². The van der Waals surface area contributed by atoms with Crippen LogP contribution < -0.4 is 30.7 Å². The van der Waals surface area contributed by atoms with Crippen molar-refractivity contribution in [1.82, 2.24) is 25.8 Å². The molecule has 15 nitrogen and oxygen atoms in total. The van der Waals surface area contributed by atoms with E-state index in [9.17, 15) is 19.6 Å². The molecule has 76 heavy (non-hydrogen) atoms. The number of ether oxygens (including phenoxy) is 5. The summed E-state index contributed by atoms with van der Waals surface area (Å²) in [5.41, 5.74) is 3.00. The van der Waals surface area contributed by atoms with Crippen LogP contribution in [0.5, 0.6) is 11.5 Å². The molecule has 3 amide bonds. The number of aromatic nitrogens is 1. The maximum atomic E-state index is 14.3. The van der Waals surface area contributed by atoms with Crippen LogP contribution in [0.1, 0.15) is 107 Å². The van der Waals surface area contributed by atoms with Crippen molar-refractivity contribution in [3.8, 4) is 28.8 Å². The zero-order valence-corrected chi connectivity index (χ0v) is 46.3. The number of nitriles is 1. The highest BCUT2D eigenvalue weighted by Crippen LogP contribution is 2.56. The molecule has 0 spiro atoms. The molecule has 0 bridgehead atoms. The van der Waals surface area contributed by atoms with E-state index in [1.54, 1.807) is 36.6 Å². The number of nitrogens with one attached hydrogen (secondary N) is 4. The Labute approximate surface area is 456 Å².